The highest BCUT2D eigenvalue weighted by Gasteiger charge is 2.20. The number of hydrogen-bond donors (Lipinski definition) is 0. The highest BCUT2D eigenvalue weighted by atomic mass is 35.5. The minimum Gasteiger partial charge on any atom is -0.380 e. The fraction of sp³-hybridized carbons (Fsp3) is 0.538. The quantitative estimate of drug-likeness (QED) is 0.726. The Labute approximate surface area is 120 Å². The van der Waals surface area contributed by atoms with Crippen LogP contribution in [0, 0.1) is 0 Å². The van der Waals surface area contributed by atoms with Crippen LogP contribution in [0.15, 0.2) is 24.3 Å². The van der Waals surface area contributed by atoms with E-state index in [2.05, 4.69) is 0 Å². The van der Waals surface area contributed by atoms with E-state index in [1.54, 1.807) is 20.2 Å². The number of ether oxygens (including phenoxy) is 1. The van der Waals surface area contributed by atoms with Gasteiger partial charge in [0.1, 0.15) is 0 Å². The largest absolute Gasteiger partial charge is 0.380 e. The van der Waals surface area contributed by atoms with Crippen molar-refractivity contribution in [2.24, 2.45) is 0 Å². The summed E-state index contributed by atoms with van der Waals surface area (Å²) < 4.78 is 30.8. The Kier molecular flexibility index (Phi) is 6.26. The molecule has 0 bridgehead atoms. The Hall–Kier alpha value is -0.620. The van der Waals surface area contributed by atoms with Crippen molar-refractivity contribution in [1.82, 2.24) is 4.31 Å². The molecule has 1 aromatic rings. The molecule has 0 radical (unpaired) electrons. The molecular weight excluding hydrogens is 286 g/mol. The summed E-state index contributed by atoms with van der Waals surface area (Å²) in [6.45, 7) is 2.17. The van der Waals surface area contributed by atoms with Crippen molar-refractivity contribution in [1.29, 1.82) is 0 Å². The van der Waals surface area contributed by atoms with Gasteiger partial charge >= 0.3 is 0 Å². The second kappa shape index (κ2) is 7.24. The number of methoxy groups -OCH3 is 1. The lowest BCUT2D eigenvalue weighted by molar-refractivity contribution is 0.104. The molecule has 1 unspecified atom stereocenters. The third kappa shape index (κ3) is 5.10. The zero-order chi connectivity index (χ0) is 14.5. The number of hydrogen-bond acceptors (Lipinski definition) is 3. The van der Waals surface area contributed by atoms with E-state index in [9.17, 15) is 8.42 Å². The van der Waals surface area contributed by atoms with E-state index < -0.39 is 10.0 Å². The van der Waals surface area contributed by atoms with Gasteiger partial charge in [0.15, 0.2) is 0 Å². The highest BCUT2D eigenvalue weighted by Crippen LogP contribution is 2.13. The third-order valence-electron chi connectivity index (χ3n) is 2.89. The summed E-state index contributed by atoms with van der Waals surface area (Å²) in [6, 6.07) is 7.31. The highest BCUT2D eigenvalue weighted by molar-refractivity contribution is 7.88. The minimum atomic E-state index is -3.33. The molecule has 0 saturated heterocycles. The molecule has 1 aromatic carbocycles. The Morgan fingerprint density at radius 2 is 2.00 bits per heavy atom. The lowest BCUT2D eigenvalue weighted by Crippen LogP contribution is -2.34. The van der Waals surface area contributed by atoms with Crippen molar-refractivity contribution in [3.05, 3.63) is 35.4 Å². The van der Waals surface area contributed by atoms with Crippen molar-refractivity contribution < 1.29 is 13.2 Å². The second-order valence-electron chi connectivity index (χ2n) is 4.54. The zero-order valence-electron chi connectivity index (χ0n) is 11.5. The van der Waals surface area contributed by atoms with E-state index in [0.717, 1.165) is 11.1 Å². The summed E-state index contributed by atoms with van der Waals surface area (Å²) in [4.78, 5) is 0. The Balaban J connectivity index is 2.78. The van der Waals surface area contributed by atoms with Gasteiger partial charge in [0, 0.05) is 26.6 Å². The predicted octanol–water partition coefficient (Wildman–Crippen LogP) is 2.22. The van der Waals surface area contributed by atoms with Crippen LogP contribution in [0.4, 0.5) is 0 Å². The van der Waals surface area contributed by atoms with Crippen LogP contribution >= 0.6 is 11.6 Å². The molecule has 0 spiro atoms. The van der Waals surface area contributed by atoms with Crippen LogP contribution in [-0.2, 0) is 26.4 Å². The average Bonchev–Trinajstić information content (AvgIpc) is 2.38. The summed E-state index contributed by atoms with van der Waals surface area (Å²) in [5, 5.41) is 0. The Morgan fingerprint density at radius 1 is 1.37 bits per heavy atom. The van der Waals surface area contributed by atoms with Gasteiger partial charge in [-0.05, 0) is 18.1 Å². The van der Waals surface area contributed by atoms with Gasteiger partial charge in [-0.25, -0.2) is 12.7 Å². The minimum absolute atomic E-state index is 0.0232. The van der Waals surface area contributed by atoms with Crippen LogP contribution in [0.1, 0.15) is 18.1 Å². The number of benzene rings is 1. The second-order valence-corrected chi connectivity index (χ2v) is 6.88. The van der Waals surface area contributed by atoms with E-state index in [1.807, 2.05) is 25.1 Å². The van der Waals surface area contributed by atoms with E-state index in [1.165, 1.54) is 4.31 Å². The van der Waals surface area contributed by atoms with Crippen LogP contribution in [0.25, 0.3) is 0 Å². The van der Waals surface area contributed by atoms with Crippen molar-refractivity contribution in [2.45, 2.75) is 24.7 Å². The maximum absolute atomic E-state index is 12.2. The van der Waals surface area contributed by atoms with Gasteiger partial charge in [-0.15, -0.1) is 11.6 Å². The molecule has 0 N–H and O–H groups in total. The number of likely N-dealkylation sites (N-methyl/N-ethyl adjacent to an activating group) is 1. The first-order valence-electron chi connectivity index (χ1n) is 5.99. The standard InChI is InChI=1S/C13H20ClNO3S/c1-11(18-3)9-15(2)19(16,17)10-13-6-4-5-12(7-13)8-14/h4-7,11H,8-10H2,1-3H3. The average molecular weight is 306 g/mol. The van der Waals surface area contributed by atoms with Gasteiger partial charge in [0.2, 0.25) is 10.0 Å². The first-order chi connectivity index (χ1) is 8.89. The zero-order valence-corrected chi connectivity index (χ0v) is 13.0. The van der Waals surface area contributed by atoms with E-state index in [0.29, 0.717) is 12.4 Å². The fourth-order valence-electron chi connectivity index (χ4n) is 1.67. The summed E-state index contributed by atoms with van der Waals surface area (Å²) in [6.07, 6.45) is -0.131. The summed E-state index contributed by atoms with van der Waals surface area (Å²) >= 11 is 5.74. The molecule has 0 aliphatic carbocycles. The van der Waals surface area contributed by atoms with E-state index in [4.69, 9.17) is 16.3 Å². The first-order valence-corrected chi connectivity index (χ1v) is 8.14. The molecule has 0 aliphatic rings. The molecule has 0 heterocycles. The van der Waals surface area contributed by atoms with Gasteiger partial charge in [-0.1, -0.05) is 24.3 Å². The molecule has 1 rings (SSSR count). The molecule has 0 aromatic heterocycles. The Bertz CT molecular complexity index is 504. The van der Waals surface area contributed by atoms with Crippen molar-refractivity contribution >= 4 is 21.6 Å². The molecule has 1 atom stereocenters. The van der Waals surface area contributed by atoms with E-state index >= 15 is 0 Å². The van der Waals surface area contributed by atoms with Crippen LogP contribution in [0.5, 0.6) is 0 Å². The summed E-state index contributed by atoms with van der Waals surface area (Å²) in [5.41, 5.74) is 1.66. The van der Waals surface area contributed by atoms with Crippen LogP contribution in [0.3, 0.4) is 0 Å². The monoisotopic (exact) mass is 305 g/mol. The number of alkyl halides is 1. The van der Waals surface area contributed by atoms with Crippen LogP contribution in [-0.4, -0.2) is 39.5 Å². The van der Waals surface area contributed by atoms with Crippen LogP contribution in [0.2, 0.25) is 0 Å². The number of halogens is 1. The molecule has 0 fully saturated rings. The maximum Gasteiger partial charge on any atom is 0.218 e. The summed E-state index contributed by atoms with van der Waals surface area (Å²) in [7, 11) is -0.203. The number of rotatable bonds is 7. The molecule has 19 heavy (non-hydrogen) atoms. The lowest BCUT2D eigenvalue weighted by Gasteiger charge is -2.20. The predicted molar refractivity (Wildman–Crippen MR) is 77.7 cm³/mol. The maximum atomic E-state index is 12.2. The van der Waals surface area contributed by atoms with Gasteiger partial charge < -0.3 is 4.74 Å². The molecule has 0 saturated carbocycles. The van der Waals surface area contributed by atoms with Crippen molar-refractivity contribution in [3.8, 4) is 0 Å². The molecule has 0 aliphatic heterocycles. The first kappa shape index (κ1) is 16.4. The Morgan fingerprint density at radius 3 is 2.58 bits per heavy atom. The van der Waals surface area contributed by atoms with Gasteiger partial charge in [0.05, 0.1) is 11.9 Å². The summed E-state index contributed by atoms with van der Waals surface area (Å²) in [5.74, 6) is 0.356. The van der Waals surface area contributed by atoms with E-state index in [-0.39, 0.29) is 11.9 Å². The molecule has 4 nitrogen and oxygen atoms in total. The molecule has 0 amide bonds. The lowest BCUT2D eigenvalue weighted by atomic mass is 10.2. The third-order valence-corrected chi connectivity index (χ3v) is 4.99. The van der Waals surface area contributed by atoms with Gasteiger partial charge in [-0.2, -0.15) is 0 Å². The van der Waals surface area contributed by atoms with Crippen molar-refractivity contribution in [3.63, 3.8) is 0 Å². The normalized spacial score (nSPS) is 13.7. The van der Waals surface area contributed by atoms with Gasteiger partial charge in [-0.3, -0.25) is 0 Å². The molecular formula is C13H20ClNO3S. The molecule has 6 heteroatoms. The van der Waals surface area contributed by atoms with Crippen molar-refractivity contribution in [2.75, 3.05) is 20.7 Å². The topological polar surface area (TPSA) is 46.6 Å². The number of nitrogens with zero attached hydrogens (tertiary/aromatic N) is 1. The SMILES string of the molecule is COC(C)CN(C)S(=O)(=O)Cc1cccc(CCl)c1. The molecule has 108 valence electrons. The smallest absolute Gasteiger partial charge is 0.218 e. The van der Waals surface area contributed by atoms with Crippen LogP contribution < -0.4 is 0 Å². The van der Waals surface area contributed by atoms with Gasteiger partial charge in [0.25, 0.3) is 0 Å². The number of sulfonamides is 1. The fourth-order valence-corrected chi connectivity index (χ4v) is 3.10.